The zero-order valence-electron chi connectivity index (χ0n) is 26.2. The molecule has 0 amide bonds. The maximum atomic E-state index is 16.6. The van der Waals surface area contributed by atoms with Gasteiger partial charge in [0.05, 0.1) is 40.4 Å². The second kappa shape index (κ2) is 10.4. The normalized spacial score (nSPS) is 14.4. The molecular formula is C40H31FN5S+. The summed E-state index contributed by atoms with van der Waals surface area (Å²) in [5.41, 5.74) is 9.37. The van der Waals surface area contributed by atoms with E-state index in [4.69, 9.17) is 9.97 Å². The van der Waals surface area contributed by atoms with Crippen LogP contribution < -0.4 is 4.48 Å². The average molecular weight is 633 g/mol. The number of quaternary nitrogens is 1. The van der Waals surface area contributed by atoms with Crippen molar-refractivity contribution in [3.63, 3.8) is 0 Å². The number of halogens is 1. The smallest absolute Gasteiger partial charge is 0.153 e. The van der Waals surface area contributed by atoms with Crippen LogP contribution >= 0.6 is 11.8 Å². The molecule has 0 aliphatic carbocycles. The van der Waals surface area contributed by atoms with Gasteiger partial charge in [-0.2, -0.15) is 0 Å². The van der Waals surface area contributed by atoms with Crippen molar-refractivity contribution in [2.45, 2.75) is 16.0 Å². The molecule has 0 saturated carbocycles. The van der Waals surface area contributed by atoms with Crippen molar-refractivity contribution in [2.75, 3.05) is 14.1 Å². The second-order valence-corrected chi connectivity index (χ2v) is 13.7. The van der Waals surface area contributed by atoms with E-state index in [1.807, 2.05) is 80.0 Å². The molecule has 0 fully saturated rings. The number of aromatic nitrogens is 4. The number of hydrogen-bond donors (Lipinski definition) is 0. The van der Waals surface area contributed by atoms with Crippen LogP contribution in [0.5, 0.6) is 0 Å². The number of fused-ring (bicyclic) bond motifs is 7. The highest BCUT2D eigenvalue weighted by molar-refractivity contribution is 8.00. The van der Waals surface area contributed by atoms with Gasteiger partial charge in [0.15, 0.2) is 17.5 Å². The zero-order valence-corrected chi connectivity index (χ0v) is 27.0. The van der Waals surface area contributed by atoms with Gasteiger partial charge in [-0.05, 0) is 65.7 Å². The average Bonchev–Trinajstić information content (AvgIpc) is 3.63. The summed E-state index contributed by atoms with van der Waals surface area (Å²) in [7, 11) is 6.48. The molecular weight excluding hydrogens is 602 g/mol. The minimum Gasteiger partial charge on any atom is -0.327 e. The summed E-state index contributed by atoms with van der Waals surface area (Å²) >= 11 is 1.80. The molecule has 228 valence electrons. The van der Waals surface area contributed by atoms with Crippen molar-refractivity contribution >= 4 is 56.1 Å². The minimum atomic E-state index is -1.32. The van der Waals surface area contributed by atoms with Crippen molar-refractivity contribution in [1.82, 2.24) is 23.6 Å². The first kappa shape index (κ1) is 28.0. The largest absolute Gasteiger partial charge is 0.327 e. The van der Waals surface area contributed by atoms with E-state index in [9.17, 15) is 0 Å². The van der Waals surface area contributed by atoms with Crippen LogP contribution in [0.3, 0.4) is 0 Å². The molecule has 0 saturated heterocycles. The predicted molar refractivity (Wildman–Crippen MR) is 192 cm³/mol. The molecule has 7 heteroatoms. The van der Waals surface area contributed by atoms with E-state index in [1.54, 1.807) is 11.8 Å². The van der Waals surface area contributed by atoms with Gasteiger partial charge in [-0.1, -0.05) is 66.4 Å². The summed E-state index contributed by atoms with van der Waals surface area (Å²) in [6.45, 7) is 0. The number of rotatable bonds is 4. The molecule has 0 spiro atoms. The lowest BCUT2D eigenvalue weighted by Gasteiger charge is -2.35. The molecule has 1 aliphatic heterocycles. The molecule has 3 aromatic heterocycles. The summed E-state index contributed by atoms with van der Waals surface area (Å²) in [5, 5.41) is 2.21. The number of nitrogens with zero attached hydrogens (tertiary/aromatic N) is 5. The third-order valence-electron chi connectivity index (χ3n) is 9.55. The Hall–Kier alpha value is -5.24. The molecule has 9 rings (SSSR count). The molecule has 0 bridgehead atoms. The van der Waals surface area contributed by atoms with E-state index in [-0.39, 0.29) is 0 Å². The Balaban J connectivity index is 1.19. The Morgan fingerprint density at radius 3 is 2.40 bits per heavy atom. The summed E-state index contributed by atoms with van der Waals surface area (Å²) < 4.78 is 21.5. The molecule has 0 radical (unpaired) electrons. The van der Waals surface area contributed by atoms with Gasteiger partial charge in [0.2, 0.25) is 0 Å². The Morgan fingerprint density at radius 1 is 0.745 bits per heavy atom. The quantitative estimate of drug-likeness (QED) is 0.181. The molecule has 1 atom stereocenters. The fourth-order valence-corrected chi connectivity index (χ4v) is 8.65. The number of imidazole rings is 1. The maximum absolute atomic E-state index is 16.6. The molecule has 5 aromatic carbocycles. The van der Waals surface area contributed by atoms with Gasteiger partial charge in [0.1, 0.15) is 11.5 Å². The van der Waals surface area contributed by atoms with Gasteiger partial charge in [0.25, 0.3) is 0 Å². The Bertz CT molecular complexity index is 2530. The lowest BCUT2D eigenvalue weighted by atomic mass is 10.00. The van der Waals surface area contributed by atoms with E-state index >= 15 is 4.39 Å². The molecule has 1 aliphatic rings. The highest BCUT2D eigenvalue weighted by Crippen LogP contribution is 2.54. The van der Waals surface area contributed by atoms with Crippen molar-refractivity contribution in [1.29, 1.82) is 0 Å². The predicted octanol–water partition coefficient (Wildman–Crippen LogP) is 10.2. The lowest BCUT2D eigenvalue weighted by molar-refractivity contribution is 0.402. The van der Waals surface area contributed by atoms with Crippen LogP contribution in [-0.4, -0.2) is 33.2 Å². The van der Waals surface area contributed by atoms with Crippen LogP contribution in [0.15, 0.2) is 137 Å². The number of hydrogen-bond acceptors (Lipinski definition) is 3. The number of alkyl halides is 1. The molecule has 4 heterocycles. The van der Waals surface area contributed by atoms with Crippen LogP contribution in [0.2, 0.25) is 0 Å². The number of pyridine rings is 1. The molecule has 0 N–H and O–H groups in total. The first-order valence-corrected chi connectivity index (χ1v) is 16.5. The fourth-order valence-electron chi connectivity index (χ4n) is 7.18. The van der Waals surface area contributed by atoms with Crippen molar-refractivity contribution in [2.24, 2.45) is 7.05 Å². The number of benzene rings is 5. The third-order valence-corrected chi connectivity index (χ3v) is 10.7. The summed E-state index contributed by atoms with van der Waals surface area (Å²) in [6, 6.07) is 40.8. The van der Waals surface area contributed by atoms with Crippen molar-refractivity contribution in [3.8, 4) is 17.1 Å². The van der Waals surface area contributed by atoms with Crippen LogP contribution in [0.4, 0.5) is 15.8 Å². The fraction of sp³-hybridized carbons (Fsp3) is 0.100. The van der Waals surface area contributed by atoms with E-state index in [1.165, 1.54) is 21.2 Å². The molecule has 1 unspecified atom stereocenters. The first-order chi connectivity index (χ1) is 22.9. The highest BCUT2D eigenvalue weighted by atomic mass is 32.2. The van der Waals surface area contributed by atoms with Gasteiger partial charge < -0.3 is 4.57 Å². The zero-order chi connectivity index (χ0) is 31.9. The van der Waals surface area contributed by atoms with Crippen LogP contribution in [0.1, 0.15) is 17.3 Å². The maximum Gasteiger partial charge on any atom is 0.153 e. The van der Waals surface area contributed by atoms with Gasteiger partial charge >= 0.3 is 0 Å². The van der Waals surface area contributed by atoms with E-state index in [2.05, 4.69) is 77.8 Å². The SMILES string of the molecule is Cn1c(-c2cccc(C(F)c3cccc(-n4c5ncccc5c5ccc6c(c54)Sc4ccccc4[N+]6(C)C)c3)c2)nc2ccccc21. The van der Waals surface area contributed by atoms with Crippen LogP contribution in [0, 0.1) is 0 Å². The van der Waals surface area contributed by atoms with Crippen molar-refractivity contribution in [3.05, 3.63) is 139 Å². The first-order valence-electron chi connectivity index (χ1n) is 15.7. The second-order valence-electron chi connectivity index (χ2n) is 12.6. The summed E-state index contributed by atoms with van der Waals surface area (Å²) in [6.07, 6.45) is 0.512. The highest BCUT2D eigenvalue weighted by Gasteiger charge is 2.36. The lowest BCUT2D eigenvalue weighted by Crippen LogP contribution is -2.36. The standard InChI is InChI=1S/C40H31FN5S/c1-44-32-17-5-4-16-31(32)43-39(44)27-13-8-11-25(23-27)36(41)26-12-9-14-28(24-26)45-37-29(30-15-10-22-42-40(30)45)20-21-34-38(37)47-35-19-7-6-18-33(35)46(34,2)3/h4-24,36H,1-3H3/q+1. The van der Waals surface area contributed by atoms with E-state index in [0.717, 1.165) is 50.0 Å². The van der Waals surface area contributed by atoms with Gasteiger partial charge in [0, 0.05) is 47.4 Å². The molecule has 8 aromatic rings. The molecule has 5 nitrogen and oxygen atoms in total. The number of aryl methyl sites for hydroxylation is 1. The summed E-state index contributed by atoms with van der Waals surface area (Å²) in [4.78, 5) is 12.2. The topological polar surface area (TPSA) is 35.6 Å². The molecule has 47 heavy (non-hydrogen) atoms. The van der Waals surface area contributed by atoms with Crippen LogP contribution in [0.25, 0.3) is 50.0 Å². The summed E-state index contributed by atoms with van der Waals surface area (Å²) in [5.74, 6) is 0.815. The Morgan fingerprint density at radius 2 is 1.53 bits per heavy atom. The van der Waals surface area contributed by atoms with E-state index in [0.29, 0.717) is 15.6 Å². The van der Waals surface area contributed by atoms with Gasteiger partial charge in [-0.25, -0.2) is 14.4 Å². The third kappa shape index (κ3) is 4.20. The Kier molecular flexibility index (Phi) is 6.19. The van der Waals surface area contributed by atoms with Crippen molar-refractivity contribution < 1.29 is 4.39 Å². The van der Waals surface area contributed by atoms with Gasteiger partial charge in [-0.15, -0.1) is 0 Å². The Labute approximate surface area is 276 Å². The van der Waals surface area contributed by atoms with Gasteiger partial charge in [-0.3, -0.25) is 9.05 Å². The monoisotopic (exact) mass is 632 g/mol. The van der Waals surface area contributed by atoms with Crippen LogP contribution in [-0.2, 0) is 7.05 Å². The van der Waals surface area contributed by atoms with E-state index < -0.39 is 6.17 Å². The number of para-hydroxylation sites is 3. The minimum absolute atomic E-state index is 0.592.